The Balaban J connectivity index is 1.44. The number of nitrogens with zero attached hydrogens (tertiary/aromatic N) is 3. The molecule has 1 aliphatic carbocycles. The van der Waals surface area contributed by atoms with Crippen LogP contribution in [0.5, 0.6) is 0 Å². The smallest absolute Gasteiger partial charge is 0.211 e. The first kappa shape index (κ1) is 20.7. The number of aromatic nitrogens is 2. The van der Waals surface area contributed by atoms with Crippen LogP contribution in [0.4, 0.5) is 5.82 Å². The zero-order chi connectivity index (χ0) is 22.1. The van der Waals surface area contributed by atoms with Gasteiger partial charge < -0.3 is 9.73 Å². The lowest BCUT2D eigenvalue weighted by atomic mass is 10.0. The van der Waals surface area contributed by atoms with Gasteiger partial charge >= 0.3 is 0 Å². The summed E-state index contributed by atoms with van der Waals surface area (Å²) < 4.78 is 31.5. The van der Waals surface area contributed by atoms with Gasteiger partial charge in [-0.3, -0.25) is 0 Å². The molecule has 2 heterocycles. The molecular weight excluding hydrogens is 424 g/mol. The summed E-state index contributed by atoms with van der Waals surface area (Å²) in [7, 11) is -3.41. The first-order valence-electron chi connectivity index (χ1n) is 10.5. The van der Waals surface area contributed by atoms with E-state index < -0.39 is 10.0 Å². The van der Waals surface area contributed by atoms with Crippen LogP contribution >= 0.6 is 0 Å². The molecule has 2 aromatic heterocycles. The highest BCUT2D eigenvalue weighted by molar-refractivity contribution is 7.88. The van der Waals surface area contributed by atoms with Crippen molar-refractivity contribution < 1.29 is 12.8 Å². The Hall–Kier alpha value is -3.23. The van der Waals surface area contributed by atoms with E-state index in [9.17, 15) is 8.42 Å². The Morgan fingerprint density at radius 3 is 2.62 bits per heavy atom. The molecular formula is C24H24N4O3S. The first-order valence-corrected chi connectivity index (χ1v) is 12.4. The maximum atomic E-state index is 12.4. The number of hydrogen-bond acceptors (Lipinski definition) is 6. The van der Waals surface area contributed by atoms with Crippen molar-refractivity contribution in [1.82, 2.24) is 14.3 Å². The van der Waals surface area contributed by atoms with Gasteiger partial charge in [0.05, 0.1) is 24.6 Å². The fourth-order valence-corrected chi connectivity index (χ4v) is 4.44. The third-order valence-corrected chi connectivity index (χ3v) is 6.75. The molecule has 1 fully saturated rings. The molecule has 0 radical (unpaired) electrons. The SMILES string of the molecule is CS(=O)(=O)N(Cc1cccc(-c2ccc3ncnc(NC4CC4)c3c2)c1)Cc1ccco1. The third kappa shape index (κ3) is 4.66. The Bertz CT molecular complexity index is 1350. The summed E-state index contributed by atoms with van der Waals surface area (Å²) in [6, 6.07) is 18.1. The molecule has 1 aliphatic rings. The van der Waals surface area contributed by atoms with Crippen LogP contribution in [-0.4, -0.2) is 35.0 Å². The van der Waals surface area contributed by atoms with Crippen LogP contribution in [0, 0.1) is 0 Å². The van der Waals surface area contributed by atoms with Crippen molar-refractivity contribution in [2.24, 2.45) is 0 Å². The van der Waals surface area contributed by atoms with Gasteiger partial charge in [0.2, 0.25) is 10.0 Å². The zero-order valence-electron chi connectivity index (χ0n) is 17.7. The molecule has 1 N–H and O–H groups in total. The van der Waals surface area contributed by atoms with Crippen LogP contribution in [-0.2, 0) is 23.1 Å². The van der Waals surface area contributed by atoms with E-state index >= 15 is 0 Å². The molecule has 32 heavy (non-hydrogen) atoms. The lowest BCUT2D eigenvalue weighted by molar-refractivity contribution is 0.361. The summed E-state index contributed by atoms with van der Waals surface area (Å²) in [4.78, 5) is 8.83. The lowest BCUT2D eigenvalue weighted by Gasteiger charge is -2.19. The predicted molar refractivity (Wildman–Crippen MR) is 124 cm³/mol. The normalized spacial score (nSPS) is 14.2. The van der Waals surface area contributed by atoms with E-state index in [1.807, 2.05) is 36.4 Å². The van der Waals surface area contributed by atoms with Crippen molar-refractivity contribution in [2.75, 3.05) is 11.6 Å². The zero-order valence-corrected chi connectivity index (χ0v) is 18.5. The standard InChI is InChI=1S/C24H24N4O3S/c1-32(29,30)28(15-21-6-3-11-31-21)14-17-4-2-5-18(12-17)19-7-10-23-22(13-19)24(26-16-25-23)27-20-8-9-20/h2-7,10-13,16,20H,8-9,14-15H2,1H3,(H,25,26,27). The van der Waals surface area contributed by atoms with E-state index in [4.69, 9.17) is 4.42 Å². The largest absolute Gasteiger partial charge is 0.468 e. The van der Waals surface area contributed by atoms with Crippen molar-refractivity contribution in [2.45, 2.75) is 32.0 Å². The highest BCUT2D eigenvalue weighted by atomic mass is 32.2. The Morgan fingerprint density at radius 1 is 1.03 bits per heavy atom. The van der Waals surface area contributed by atoms with Gasteiger partial charge in [-0.05, 0) is 59.9 Å². The summed E-state index contributed by atoms with van der Waals surface area (Å²) in [6.45, 7) is 0.456. The van der Waals surface area contributed by atoms with Gasteiger partial charge in [0.15, 0.2) is 0 Å². The molecule has 0 atom stereocenters. The second-order valence-corrected chi connectivity index (χ2v) is 10.2. The molecule has 2 aromatic carbocycles. The minimum atomic E-state index is -3.41. The number of rotatable bonds is 8. The molecule has 0 saturated heterocycles. The Kier molecular flexibility index (Phi) is 5.40. The van der Waals surface area contributed by atoms with Gasteiger partial charge in [0.1, 0.15) is 17.9 Å². The van der Waals surface area contributed by atoms with Gasteiger partial charge in [-0.25, -0.2) is 18.4 Å². The number of anilines is 1. The number of sulfonamides is 1. The quantitative estimate of drug-likeness (QED) is 0.429. The number of furan rings is 1. The third-order valence-electron chi connectivity index (χ3n) is 5.55. The average Bonchev–Trinajstić information content (AvgIpc) is 3.44. The summed E-state index contributed by atoms with van der Waals surface area (Å²) >= 11 is 0. The van der Waals surface area contributed by atoms with Crippen LogP contribution < -0.4 is 5.32 Å². The molecule has 0 unspecified atom stereocenters. The highest BCUT2D eigenvalue weighted by Gasteiger charge is 2.22. The number of benzene rings is 2. The molecule has 5 rings (SSSR count). The Morgan fingerprint density at radius 2 is 1.88 bits per heavy atom. The van der Waals surface area contributed by atoms with Crippen LogP contribution in [0.25, 0.3) is 22.0 Å². The summed E-state index contributed by atoms with van der Waals surface area (Å²) in [5, 5.41) is 4.46. The number of fused-ring (bicyclic) bond motifs is 1. The monoisotopic (exact) mass is 448 g/mol. The molecule has 4 aromatic rings. The van der Waals surface area contributed by atoms with E-state index in [0.717, 1.165) is 33.4 Å². The van der Waals surface area contributed by atoms with Crippen LogP contribution in [0.15, 0.2) is 71.6 Å². The maximum absolute atomic E-state index is 12.4. The average molecular weight is 449 g/mol. The summed E-state index contributed by atoms with van der Waals surface area (Å²) in [5.74, 6) is 1.47. The van der Waals surface area contributed by atoms with Crippen molar-refractivity contribution in [3.8, 4) is 11.1 Å². The van der Waals surface area contributed by atoms with E-state index in [-0.39, 0.29) is 13.1 Å². The molecule has 0 amide bonds. The van der Waals surface area contributed by atoms with Crippen molar-refractivity contribution in [1.29, 1.82) is 0 Å². The highest BCUT2D eigenvalue weighted by Crippen LogP contribution is 2.31. The molecule has 1 saturated carbocycles. The molecule has 7 nitrogen and oxygen atoms in total. The molecule has 0 aliphatic heterocycles. The lowest BCUT2D eigenvalue weighted by Crippen LogP contribution is -2.28. The Labute approximate surface area is 187 Å². The second-order valence-electron chi connectivity index (χ2n) is 8.18. The maximum Gasteiger partial charge on any atom is 0.211 e. The summed E-state index contributed by atoms with van der Waals surface area (Å²) in [6.07, 6.45) is 6.69. The van der Waals surface area contributed by atoms with Gasteiger partial charge in [-0.2, -0.15) is 4.31 Å². The number of nitrogens with one attached hydrogen (secondary N) is 1. The van der Waals surface area contributed by atoms with Crippen LogP contribution in [0.3, 0.4) is 0 Å². The van der Waals surface area contributed by atoms with Gasteiger partial charge in [0.25, 0.3) is 0 Å². The van der Waals surface area contributed by atoms with Crippen molar-refractivity contribution >= 4 is 26.7 Å². The predicted octanol–water partition coefficient (Wildman–Crippen LogP) is 4.43. The molecule has 164 valence electrons. The second kappa shape index (κ2) is 8.37. The fourth-order valence-electron chi connectivity index (χ4n) is 3.69. The summed E-state index contributed by atoms with van der Waals surface area (Å²) in [5.41, 5.74) is 3.84. The minimum Gasteiger partial charge on any atom is -0.468 e. The van der Waals surface area contributed by atoms with Gasteiger partial charge in [-0.1, -0.05) is 24.3 Å². The molecule has 0 bridgehead atoms. The van der Waals surface area contributed by atoms with Gasteiger partial charge in [0, 0.05) is 18.0 Å². The topological polar surface area (TPSA) is 88.3 Å². The van der Waals surface area contributed by atoms with E-state index in [2.05, 4.69) is 21.4 Å². The van der Waals surface area contributed by atoms with Crippen molar-refractivity contribution in [3.63, 3.8) is 0 Å². The number of hydrogen-bond donors (Lipinski definition) is 1. The van der Waals surface area contributed by atoms with Gasteiger partial charge in [-0.15, -0.1) is 0 Å². The van der Waals surface area contributed by atoms with Crippen LogP contribution in [0.1, 0.15) is 24.2 Å². The first-order chi connectivity index (χ1) is 15.5. The van der Waals surface area contributed by atoms with E-state index in [1.165, 1.54) is 23.4 Å². The molecule has 0 spiro atoms. The minimum absolute atomic E-state index is 0.194. The van der Waals surface area contributed by atoms with E-state index in [1.54, 1.807) is 24.7 Å². The van der Waals surface area contributed by atoms with E-state index in [0.29, 0.717) is 11.8 Å². The fraction of sp³-hybridized carbons (Fsp3) is 0.250. The van der Waals surface area contributed by atoms with Crippen molar-refractivity contribution in [3.05, 3.63) is 78.5 Å². The van der Waals surface area contributed by atoms with Crippen LogP contribution in [0.2, 0.25) is 0 Å². The molecule has 8 heteroatoms.